The summed E-state index contributed by atoms with van der Waals surface area (Å²) in [6.45, 7) is 0. The zero-order valence-electron chi connectivity index (χ0n) is 10.0. The summed E-state index contributed by atoms with van der Waals surface area (Å²) in [6, 6.07) is 4.76. The van der Waals surface area contributed by atoms with Gasteiger partial charge in [0.25, 0.3) is 0 Å². The van der Waals surface area contributed by atoms with Gasteiger partial charge in [0.1, 0.15) is 5.82 Å². The summed E-state index contributed by atoms with van der Waals surface area (Å²) >= 11 is 5.71. The average molecular weight is 271 g/mol. The monoisotopic (exact) mass is 270 g/mol. The first-order valence-corrected chi connectivity index (χ1v) is 6.63. The second kappa shape index (κ2) is 5.70. The summed E-state index contributed by atoms with van der Waals surface area (Å²) in [5.41, 5.74) is 0.404. The van der Waals surface area contributed by atoms with Crippen molar-refractivity contribution < 1.29 is 14.3 Å². The van der Waals surface area contributed by atoms with Crippen molar-refractivity contribution >= 4 is 17.6 Å². The van der Waals surface area contributed by atoms with Gasteiger partial charge >= 0.3 is 5.97 Å². The van der Waals surface area contributed by atoms with E-state index in [2.05, 4.69) is 0 Å². The normalized spacial score (nSPS) is 17.9. The van der Waals surface area contributed by atoms with E-state index in [9.17, 15) is 14.3 Å². The van der Waals surface area contributed by atoms with Gasteiger partial charge in [0.15, 0.2) is 0 Å². The number of aliphatic carboxylic acids is 1. The zero-order valence-corrected chi connectivity index (χ0v) is 10.8. The maximum Gasteiger partial charge on any atom is 0.307 e. The Hall–Kier alpha value is -1.09. The van der Waals surface area contributed by atoms with Gasteiger partial charge in [-0.1, -0.05) is 36.6 Å². The third kappa shape index (κ3) is 2.83. The molecule has 1 aliphatic rings. The predicted molar refractivity (Wildman–Crippen MR) is 68.2 cm³/mol. The van der Waals surface area contributed by atoms with Crippen LogP contribution in [-0.4, -0.2) is 11.1 Å². The van der Waals surface area contributed by atoms with Crippen LogP contribution in [0.4, 0.5) is 4.39 Å². The van der Waals surface area contributed by atoms with Gasteiger partial charge in [0.2, 0.25) is 0 Å². The van der Waals surface area contributed by atoms with Crippen molar-refractivity contribution in [3.8, 4) is 0 Å². The molecule has 1 aliphatic carbocycles. The largest absolute Gasteiger partial charge is 0.481 e. The SMILES string of the molecule is O=C(O)C(Cc1cccc(Cl)c1F)C1CCCC1. The van der Waals surface area contributed by atoms with Gasteiger partial charge in [-0.05, 0) is 36.8 Å². The second-order valence-electron chi connectivity index (χ2n) is 4.91. The molecule has 0 saturated heterocycles. The number of hydrogen-bond donors (Lipinski definition) is 1. The Balaban J connectivity index is 2.18. The fraction of sp³-hybridized carbons (Fsp3) is 0.500. The smallest absolute Gasteiger partial charge is 0.307 e. The van der Waals surface area contributed by atoms with Crippen LogP contribution in [0.2, 0.25) is 5.02 Å². The maximum absolute atomic E-state index is 13.8. The molecule has 1 fully saturated rings. The van der Waals surface area contributed by atoms with Crippen LogP contribution >= 0.6 is 11.6 Å². The first-order chi connectivity index (χ1) is 8.59. The molecule has 1 saturated carbocycles. The Bertz CT molecular complexity index is 441. The first kappa shape index (κ1) is 13.3. The Morgan fingerprint density at radius 1 is 1.44 bits per heavy atom. The van der Waals surface area contributed by atoms with Crippen molar-refractivity contribution in [1.29, 1.82) is 0 Å². The number of carbonyl (C=O) groups is 1. The van der Waals surface area contributed by atoms with E-state index in [1.165, 1.54) is 6.07 Å². The summed E-state index contributed by atoms with van der Waals surface area (Å²) in [5.74, 6) is -1.65. The van der Waals surface area contributed by atoms with Gasteiger partial charge < -0.3 is 5.11 Å². The number of benzene rings is 1. The molecule has 0 radical (unpaired) electrons. The minimum atomic E-state index is -0.832. The average Bonchev–Trinajstić information content (AvgIpc) is 2.84. The highest BCUT2D eigenvalue weighted by Crippen LogP contribution is 2.34. The van der Waals surface area contributed by atoms with Crippen molar-refractivity contribution in [1.82, 2.24) is 0 Å². The van der Waals surface area contributed by atoms with Crippen LogP contribution in [0.15, 0.2) is 18.2 Å². The lowest BCUT2D eigenvalue weighted by atomic mass is 9.85. The third-order valence-electron chi connectivity index (χ3n) is 3.76. The van der Waals surface area contributed by atoms with E-state index in [1.54, 1.807) is 12.1 Å². The van der Waals surface area contributed by atoms with Crippen LogP contribution in [0, 0.1) is 17.7 Å². The number of halogens is 2. The van der Waals surface area contributed by atoms with E-state index in [0.717, 1.165) is 25.7 Å². The highest BCUT2D eigenvalue weighted by molar-refractivity contribution is 6.30. The van der Waals surface area contributed by atoms with Crippen LogP contribution in [-0.2, 0) is 11.2 Å². The van der Waals surface area contributed by atoms with E-state index in [4.69, 9.17) is 11.6 Å². The molecule has 1 unspecified atom stereocenters. The fourth-order valence-electron chi connectivity index (χ4n) is 2.76. The molecule has 0 heterocycles. The zero-order chi connectivity index (χ0) is 13.1. The highest BCUT2D eigenvalue weighted by Gasteiger charge is 2.31. The Morgan fingerprint density at radius 2 is 2.11 bits per heavy atom. The Kier molecular flexibility index (Phi) is 4.23. The first-order valence-electron chi connectivity index (χ1n) is 6.25. The highest BCUT2D eigenvalue weighted by atomic mass is 35.5. The molecule has 0 bridgehead atoms. The van der Waals surface area contributed by atoms with E-state index in [0.29, 0.717) is 5.56 Å². The number of carboxylic acid groups (broad SMARTS) is 1. The van der Waals surface area contributed by atoms with E-state index >= 15 is 0 Å². The predicted octanol–water partition coefficient (Wildman–Crippen LogP) is 3.91. The van der Waals surface area contributed by atoms with E-state index in [-0.39, 0.29) is 17.4 Å². The van der Waals surface area contributed by atoms with Gasteiger partial charge in [-0.15, -0.1) is 0 Å². The molecular weight excluding hydrogens is 255 g/mol. The minimum absolute atomic E-state index is 0.0584. The lowest BCUT2D eigenvalue weighted by Crippen LogP contribution is -2.24. The molecule has 1 N–H and O–H groups in total. The van der Waals surface area contributed by atoms with E-state index in [1.807, 2.05) is 0 Å². The van der Waals surface area contributed by atoms with Crippen molar-refractivity contribution in [2.75, 3.05) is 0 Å². The molecule has 0 amide bonds. The summed E-state index contributed by atoms with van der Waals surface area (Å²) in [4.78, 5) is 11.3. The number of hydrogen-bond acceptors (Lipinski definition) is 1. The topological polar surface area (TPSA) is 37.3 Å². The maximum atomic E-state index is 13.8. The summed E-state index contributed by atoms with van der Waals surface area (Å²) in [6.07, 6.45) is 4.24. The lowest BCUT2D eigenvalue weighted by Gasteiger charge is -2.19. The van der Waals surface area contributed by atoms with Gasteiger partial charge in [0, 0.05) is 0 Å². The Morgan fingerprint density at radius 3 is 2.72 bits per heavy atom. The molecule has 1 aromatic carbocycles. The van der Waals surface area contributed by atoms with Gasteiger partial charge in [-0.2, -0.15) is 0 Å². The molecular formula is C14H16ClFO2. The van der Waals surface area contributed by atoms with Crippen LogP contribution < -0.4 is 0 Å². The third-order valence-corrected chi connectivity index (χ3v) is 4.05. The van der Waals surface area contributed by atoms with Gasteiger partial charge in [-0.3, -0.25) is 4.79 Å². The van der Waals surface area contributed by atoms with Crippen LogP contribution in [0.25, 0.3) is 0 Å². The number of rotatable bonds is 4. The minimum Gasteiger partial charge on any atom is -0.481 e. The standard InChI is InChI=1S/C14H16ClFO2/c15-12-7-3-6-10(13(12)16)8-11(14(17)18)9-4-1-2-5-9/h3,6-7,9,11H,1-2,4-5,8H2,(H,17,18). The van der Waals surface area contributed by atoms with Crippen LogP contribution in [0.3, 0.4) is 0 Å². The van der Waals surface area contributed by atoms with Crippen molar-refractivity contribution in [3.63, 3.8) is 0 Å². The Labute approximate surface area is 111 Å². The van der Waals surface area contributed by atoms with Crippen LogP contribution in [0.5, 0.6) is 0 Å². The quantitative estimate of drug-likeness (QED) is 0.901. The van der Waals surface area contributed by atoms with Crippen molar-refractivity contribution in [2.45, 2.75) is 32.1 Å². The molecule has 0 aromatic heterocycles. The van der Waals surface area contributed by atoms with Crippen molar-refractivity contribution in [3.05, 3.63) is 34.6 Å². The second-order valence-corrected chi connectivity index (χ2v) is 5.31. The molecule has 0 aliphatic heterocycles. The van der Waals surface area contributed by atoms with Gasteiger partial charge in [-0.25, -0.2) is 4.39 Å². The molecule has 1 atom stereocenters. The molecule has 2 rings (SSSR count). The summed E-state index contributed by atoms with van der Waals surface area (Å²) in [7, 11) is 0. The molecule has 98 valence electrons. The van der Waals surface area contributed by atoms with Crippen LogP contribution in [0.1, 0.15) is 31.2 Å². The summed E-state index contributed by atoms with van der Waals surface area (Å²) < 4.78 is 13.8. The van der Waals surface area contributed by atoms with Gasteiger partial charge in [0.05, 0.1) is 10.9 Å². The fourth-order valence-corrected chi connectivity index (χ4v) is 2.95. The molecule has 4 heteroatoms. The molecule has 0 spiro atoms. The van der Waals surface area contributed by atoms with E-state index < -0.39 is 17.7 Å². The summed E-state index contributed by atoms with van der Waals surface area (Å²) in [5, 5.41) is 9.36. The van der Waals surface area contributed by atoms with Crippen molar-refractivity contribution in [2.24, 2.45) is 11.8 Å². The molecule has 1 aromatic rings. The lowest BCUT2D eigenvalue weighted by molar-refractivity contribution is -0.143. The molecule has 2 nitrogen and oxygen atoms in total. The molecule has 18 heavy (non-hydrogen) atoms. The number of carboxylic acids is 1.